The van der Waals surface area contributed by atoms with Gasteiger partial charge in [0.25, 0.3) is 0 Å². The summed E-state index contributed by atoms with van der Waals surface area (Å²) >= 11 is 0. The van der Waals surface area contributed by atoms with Crippen molar-refractivity contribution >= 4 is 17.9 Å². The number of urea groups is 1. The van der Waals surface area contributed by atoms with Crippen molar-refractivity contribution < 1.29 is 19.5 Å². The van der Waals surface area contributed by atoms with E-state index in [0.29, 0.717) is 25.9 Å². The zero-order valence-electron chi connectivity index (χ0n) is 11.6. The van der Waals surface area contributed by atoms with Crippen molar-refractivity contribution in [1.82, 2.24) is 15.5 Å². The van der Waals surface area contributed by atoms with Gasteiger partial charge in [-0.2, -0.15) is 0 Å². The highest BCUT2D eigenvalue weighted by Gasteiger charge is 2.43. The van der Waals surface area contributed by atoms with E-state index in [1.807, 2.05) is 6.92 Å². The molecule has 7 nitrogen and oxygen atoms in total. The number of fused-ring (bicyclic) bond motifs is 1. The molecule has 112 valence electrons. The smallest absolute Gasteiger partial charge is 0.326 e. The van der Waals surface area contributed by atoms with Crippen LogP contribution in [0.3, 0.4) is 0 Å². The summed E-state index contributed by atoms with van der Waals surface area (Å²) in [6.07, 6.45) is 2.65. The average molecular weight is 283 g/mol. The van der Waals surface area contributed by atoms with Crippen LogP contribution < -0.4 is 10.6 Å². The number of nitrogens with one attached hydrogen (secondary N) is 2. The molecule has 2 aliphatic rings. The monoisotopic (exact) mass is 283 g/mol. The minimum atomic E-state index is -1.02. The van der Waals surface area contributed by atoms with E-state index < -0.39 is 12.0 Å². The lowest BCUT2D eigenvalue weighted by molar-refractivity contribution is -0.139. The SMILES string of the molecule is CCC[C@@H](NC(=O)N1CCCC2C(=O)NCC21)C(=O)O. The van der Waals surface area contributed by atoms with Crippen LogP contribution in [0.4, 0.5) is 4.79 Å². The summed E-state index contributed by atoms with van der Waals surface area (Å²) in [6, 6.07) is -1.39. The second-order valence-electron chi connectivity index (χ2n) is 5.38. The van der Waals surface area contributed by atoms with Crippen molar-refractivity contribution in [2.45, 2.75) is 44.7 Å². The van der Waals surface area contributed by atoms with E-state index in [9.17, 15) is 14.4 Å². The number of carboxylic acids is 1. The van der Waals surface area contributed by atoms with E-state index >= 15 is 0 Å². The summed E-state index contributed by atoms with van der Waals surface area (Å²) in [5.74, 6) is -1.17. The molecule has 7 heteroatoms. The number of aliphatic carboxylic acids is 1. The molecular formula is C13H21N3O4. The lowest BCUT2D eigenvalue weighted by Crippen LogP contribution is -2.55. The summed E-state index contributed by atoms with van der Waals surface area (Å²) < 4.78 is 0. The molecule has 0 saturated carbocycles. The Labute approximate surface area is 117 Å². The number of piperidine rings is 1. The van der Waals surface area contributed by atoms with Crippen LogP contribution >= 0.6 is 0 Å². The number of carbonyl (C=O) groups excluding carboxylic acids is 2. The molecule has 2 rings (SSSR count). The number of nitrogens with zero attached hydrogens (tertiary/aromatic N) is 1. The van der Waals surface area contributed by atoms with Gasteiger partial charge >= 0.3 is 12.0 Å². The molecule has 0 aromatic heterocycles. The Balaban J connectivity index is 2.01. The summed E-state index contributed by atoms with van der Waals surface area (Å²) in [5.41, 5.74) is 0. The Morgan fingerprint density at radius 2 is 2.30 bits per heavy atom. The van der Waals surface area contributed by atoms with Gasteiger partial charge in [0.05, 0.1) is 12.0 Å². The Kier molecular flexibility index (Phi) is 4.46. The van der Waals surface area contributed by atoms with Gasteiger partial charge in [-0.1, -0.05) is 13.3 Å². The lowest BCUT2D eigenvalue weighted by atomic mass is 9.92. The summed E-state index contributed by atoms with van der Waals surface area (Å²) in [7, 11) is 0. The number of hydrogen-bond acceptors (Lipinski definition) is 3. The van der Waals surface area contributed by atoms with Gasteiger partial charge in [0.1, 0.15) is 6.04 Å². The van der Waals surface area contributed by atoms with E-state index in [2.05, 4.69) is 10.6 Å². The van der Waals surface area contributed by atoms with Crippen molar-refractivity contribution in [3.8, 4) is 0 Å². The highest BCUT2D eigenvalue weighted by molar-refractivity contribution is 5.86. The zero-order chi connectivity index (χ0) is 14.7. The second-order valence-corrected chi connectivity index (χ2v) is 5.38. The lowest BCUT2D eigenvalue weighted by Gasteiger charge is -2.36. The van der Waals surface area contributed by atoms with Crippen LogP contribution in [-0.4, -0.2) is 53.1 Å². The summed E-state index contributed by atoms with van der Waals surface area (Å²) in [5, 5.41) is 14.4. The third-order valence-corrected chi connectivity index (χ3v) is 4.04. The van der Waals surface area contributed by atoms with Gasteiger partial charge < -0.3 is 20.6 Å². The standard InChI is InChI=1S/C13H21N3O4/c1-2-4-9(12(18)19)15-13(20)16-6-3-5-8-10(16)7-14-11(8)17/h8-10H,2-7H2,1H3,(H,14,17)(H,15,20)(H,18,19)/t8?,9-,10?/m1/s1. The third-order valence-electron chi connectivity index (χ3n) is 4.04. The predicted molar refractivity (Wildman–Crippen MR) is 71.1 cm³/mol. The first-order chi connectivity index (χ1) is 9.54. The molecule has 3 N–H and O–H groups in total. The molecule has 0 aromatic carbocycles. The van der Waals surface area contributed by atoms with Crippen molar-refractivity contribution in [2.75, 3.05) is 13.1 Å². The topological polar surface area (TPSA) is 98.7 Å². The van der Waals surface area contributed by atoms with E-state index in [0.717, 1.165) is 12.8 Å². The van der Waals surface area contributed by atoms with Crippen molar-refractivity contribution in [3.05, 3.63) is 0 Å². The maximum Gasteiger partial charge on any atom is 0.326 e. The number of hydrogen-bond donors (Lipinski definition) is 3. The minimum absolute atomic E-state index is 0.00385. The van der Waals surface area contributed by atoms with E-state index in [1.165, 1.54) is 0 Å². The number of likely N-dealkylation sites (tertiary alicyclic amines) is 1. The van der Waals surface area contributed by atoms with Crippen LogP contribution in [0.2, 0.25) is 0 Å². The van der Waals surface area contributed by atoms with E-state index in [1.54, 1.807) is 4.90 Å². The molecule has 20 heavy (non-hydrogen) atoms. The first kappa shape index (κ1) is 14.6. The molecule has 2 unspecified atom stereocenters. The molecule has 0 spiro atoms. The zero-order valence-corrected chi connectivity index (χ0v) is 11.6. The number of carbonyl (C=O) groups is 3. The highest BCUT2D eigenvalue weighted by atomic mass is 16.4. The Hall–Kier alpha value is -1.79. The first-order valence-corrected chi connectivity index (χ1v) is 7.12. The average Bonchev–Trinajstić information content (AvgIpc) is 2.80. The van der Waals surface area contributed by atoms with Crippen LogP contribution in [0.15, 0.2) is 0 Å². The molecule has 2 saturated heterocycles. The highest BCUT2D eigenvalue weighted by Crippen LogP contribution is 2.27. The van der Waals surface area contributed by atoms with E-state index in [4.69, 9.17) is 5.11 Å². The van der Waals surface area contributed by atoms with Crippen LogP contribution in [0.25, 0.3) is 0 Å². The first-order valence-electron chi connectivity index (χ1n) is 7.12. The number of amides is 3. The summed E-state index contributed by atoms with van der Waals surface area (Å²) in [4.78, 5) is 36.6. The molecular weight excluding hydrogens is 262 g/mol. The van der Waals surface area contributed by atoms with Gasteiger partial charge in [0.15, 0.2) is 0 Å². The maximum absolute atomic E-state index is 12.2. The van der Waals surface area contributed by atoms with Gasteiger partial charge in [-0.3, -0.25) is 4.79 Å². The molecule has 2 fully saturated rings. The molecule has 2 heterocycles. The molecule has 0 radical (unpaired) electrons. The van der Waals surface area contributed by atoms with Crippen LogP contribution in [0.1, 0.15) is 32.6 Å². The molecule has 0 bridgehead atoms. The van der Waals surface area contributed by atoms with Gasteiger partial charge in [-0.05, 0) is 19.3 Å². The molecule has 0 aromatic rings. The molecule has 3 atom stereocenters. The fourth-order valence-corrected chi connectivity index (χ4v) is 2.98. The Morgan fingerprint density at radius 3 is 2.95 bits per heavy atom. The molecule has 2 aliphatic heterocycles. The number of rotatable bonds is 4. The predicted octanol–water partition coefficient (Wildman–Crippen LogP) is 0.160. The van der Waals surface area contributed by atoms with Gasteiger partial charge in [0.2, 0.25) is 5.91 Å². The van der Waals surface area contributed by atoms with E-state index in [-0.39, 0.29) is 23.9 Å². The Bertz CT molecular complexity index is 412. The van der Waals surface area contributed by atoms with Crippen LogP contribution in [0, 0.1) is 5.92 Å². The van der Waals surface area contributed by atoms with Gasteiger partial charge in [-0.25, -0.2) is 9.59 Å². The fraction of sp³-hybridized carbons (Fsp3) is 0.769. The maximum atomic E-state index is 12.2. The Morgan fingerprint density at radius 1 is 1.55 bits per heavy atom. The number of carboxylic acid groups (broad SMARTS) is 1. The van der Waals surface area contributed by atoms with Crippen LogP contribution in [-0.2, 0) is 9.59 Å². The van der Waals surface area contributed by atoms with Crippen molar-refractivity contribution in [2.24, 2.45) is 5.92 Å². The van der Waals surface area contributed by atoms with Gasteiger partial charge in [-0.15, -0.1) is 0 Å². The fourth-order valence-electron chi connectivity index (χ4n) is 2.98. The largest absolute Gasteiger partial charge is 0.480 e. The van der Waals surface area contributed by atoms with Crippen molar-refractivity contribution in [3.63, 3.8) is 0 Å². The van der Waals surface area contributed by atoms with Crippen molar-refractivity contribution in [1.29, 1.82) is 0 Å². The summed E-state index contributed by atoms with van der Waals surface area (Å²) in [6.45, 7) is 2.90. The molecule has 3 amide bonds. The minimum Gasteiger partial charge on any atom is -0.480 e. The van der Waals surface area contributed by atoms with Gasteiger partial charge in [0, 0.05) is 13.1 Å². The quantitative estimate of drug-likeness (QED) is 0.684. The second kappa shape index (κ2) is 6.11. The normalized spacial score (nSPS) is 26.6. The molecule has 0 aliphatic carbocycles. The van der Waals surface area contributed by atoms with Crippen LogP contribution in [0.5, 0.6) is 0 Å². The third kappa shape index (κ3) is 2.86.